The number of aryl methyl sites for hydroxylation is 1. The second-order valence-corrected chi connectivity index (χ2v) is 4.63. The fourth-order valence-electron chi connectivity index (χ4n) is 1.31. The highest BCUT2D eigenvalue weighted by molar-refractivity contribution is 7.84. The van der Waals surface area contributed by atoms with Gasteiger partial charge in [-0.15, -0.1) is 0 Å². The van der Waals surface area contributed by atoms with E-state index in [2.05, 4.69) is 11.9 Å². The molecule has 1 aromatic rings. The SMILES string of the molecule is Cc1nc(S(C)=O)c(C)c(C)c1C. The molecule has 1 heterocycles. The van der Waals surface area contributed by atoms with Crippen LogP contribution in [0, 0.1) is 27.7 Å². The molecule has 3 heteroatoms. The van der Waals surface area contributed by atoms with Crippen molar-refractivity contribution in [2.24, 2.45) is 0 Å². The molecule has 0 radical (unpaired) electrons. The van der Waals surface area contributed by atoms with Crippen LogP contribution >= 0.6 is 0 Å². The number of pyridine rings is 1. The van der Waals surface area contributed by atoms with Gasteiger partial charge < -0.3 is 0 Å². The first-order valence-corrected chi connectivity index (χ1v) is 5.78. The molecule has 2 nitrogen and oxygen atoms in total. The molecule has 0 aliphatic heterocycles. The maximum Gasteiger partial charge on any atom is 0.130 e. The Hall–Kier alpha value is -0.700. The van der Waals surface area contributed by atoms with E-state index in [4.69, 9.17) is 0 Å². The molecule has 1 atom stereocenters. The molecule has 0 bridgehead atoms. The summed E-state index contributed by atoms with van der Waals surface area (Å²) >= 11 is 0. The summed E-state index contributed by atoms with van der Waals surface area (Å²) in [6.07, 6.45) is 1.67. The van der Waals surface area contributed by atoms with Gasteiger partial charge >= 0.3 is 0 Å². The van der Waals surface area contributed by atoms with E-state index in [1.165, 1.54) is 11.1 Å². The van der Waals surface area contributed by atoms with Crippen LogP contribution in [-0.4, -0.2) is 15.4 Å². The maximum atomic E-state index is 11.3. The summed E-state index contributed by atoms with van der Waals surface area (Å²) in [4.78, 5) is 4.33. The first-order valence-electron chi connectivity index (χ1n) is 4.23. The lowest BCUT2D eigenvalue weighted by atomic mass is 10.1. The van der Waals surface area contributed by atoms with E-state index in [0.29, 0.717) is 0 Å². The average molecular weight is 197 g/mol. The van der Waals surface area contributed by atoms with Crippen LogP contribution in [0.2, 0.25) is 0 Å². The molecular weight excluding hydrogens is 182 g/mol. The highest BCUT2D eigenvalue weighted by Crippen LogP contribution is 2.19. The summed E-state index contributed by atoms with van der Waals surface area (Å²) in [5, 5.41) is 0.723. The van der Waals surface area contributed by atoms with Gasteiger partial charge in [0.15, 0.2) is 0 Å². The second kappa shape index (κ2) is 3.58. The molecule has 13 heavy (non-hydrogen) atoms. The molecule has 0 aliphatic carbocycles. The lowest BCUT2D eigenvalue weighted by molar-refractivity contribution is 0.682. The van der Waals surface area contributed by atoms with Gasteiger partial charge in [-0.3, -0.25) is 4.21 Å². The normalized spacial score (nSPS) is 13.0. The van der Waals surface area contributed by atoms with Gasteiger partial charge in [-0.2, -0.15) is 0 Å². The topological polar surface area (TPSA) is 30.0 Å². The Kier molecular flexibility index (Phi) is 2.86. The smallest absolute Gasteiger partial charge is 0.130 e. The van der Waals surface area contributed by atoms with E-state index in [1.807, 2.05) is 20.8 Å². The van der Waals surface area contributed by atoms with Gasteiger partial charge in [-0.25, -0.2) is 4.98 Å². The van der Waals surface area contributed by atoms with Gasteiger partial charge in [0.05, 0.1) is 10.8 Å². The summed E-state index contributed by atoms with van der Waals surface area (Å²) in [5.41, 5.74) is 4.45. The van der Waals surface area contributed by atoms with E-state index in [0.717, 1.165) is 16.3 Å². The standard InChI is InChI=1S/C10H15NOS/c1-6-7(2)9(4)11-10(8(6)3)13(5)12/h1-5H3. The molecule has 1 unspecified atom stereocenters. The molecule has 0 N–H and O–H groups in total. The van der Waals surface area contributed by atoms with E-state index in [9.17, 15) is 4.21 Å². The number of hydrogen-bond acceptors (Lipinski definition) is 2. The van der Waals surface area contributed by atoms with E-state index < -0.39 is 10.8 Å². The summed E-state index contributed by atoms with van der Waals surface area (Å²) in [5.74, 6) is 0. The predicted molar refractivity (Wildman–Crippen MR) is 55.5 cm³/mol. The summed E-state index contributed by atoms with van der Waals surface area (Å²) in [7, 11) is -0.980. The Morgan fingerprint density at radius 3 is 2.00 bits per heavy atom. The highest BCUT2D eigenvalue weighted by Gasteiger charge is 2.10. The summed E-state index contributed by atoms with van der Waals surface area (Å²) in [6, 6.07) is 0. The molecule has 0 saturated heterocycles. The third-order valence-electron chi connectivity index (χ3n) is 2.53. The Morgan fingerprint density at radius 1 is 1.00 bits per heavy atom. The minimum absolute atomic E-state index is 0.723. The van der Waals surface area contributed by atoms with Crippen LogP contribution in [0.4, 0.5) is 0 Å². The van der Waals surface area contributed by atoms with Gasteiger partial charge in [0.25, 0.3) is 0 Å². The minimum Gasteiger partial charge on any atom is -0.253 e. The monoisotopic (exact) mass is 197 g/mol. The molecule has 72 valence electrons. The molecule has 0 amide bonds. The zero-order valence-electron chi connectivity index (χ0n) is 8.76. The Bertz CT molecular complexity index is 372. The Balaban J connectivity index is 3.50. The molecule has 0 fully saturated rings. The fourth-order valence-corrected chi connectivity index (χ4v) is 2.16. The largest absolute Gasteiger partial charge is 0.253 e. The number of aromatic nitrogens is 1. The van der Waals surface area contributed by atoms with Crippen molar-refractivity contribution in [1.29, 1.82) is 0 Å². The van der Waals surface area contributed by atoms with Crippen LogP contribution in [0.15, 0.2) is 5.03 Å². The van der Waals surface area contributed by atoms with Crippen LogP contribution in [-0.2, 0) is 10.8 Å². The van der Waals surface area contributed by atoms with Crippen LogP contribution < -0.4 is 0 Å². The highest BCUT2D eigenvalue weighted by atomic mass is 32.2. The summed E-state index contributed by atoms with van der Waals surface area (Å²) in [6.45, 7) is 8.03. The van der Waals surface area contributed by atoms with Gasteiger partial charge in [0.2, 0.25) is 0 Å². The quantitative estimate of drug-likeness (QED) is 0.689. The minimum atomic E-state index is -0.980. The fraction of sp³-hybridized carbons (Fsp3) is 0.500. The van der Waals surface area contributed by atoms with Gasteiger partial charge in [0, 0.05) is 11.9 Å². The van der Waals surface area contributed by atoms with Crippen LogP contribution in [0.3, 0.4) is 0 Å². The van der Waals surface area contributed by atoms with Crippen molar-refractivity contribution >= 4 is 10.8 Å². The third-order valence-corrected chi connectivity index (χ3v) is 3.47. The average Bonchev–Trinajstić information content (AvgIpc) is 2.07. The first-order chi connectivity index (χ1) is 5.95. The lowest BCUT2D eigenvalue weighted by Crippen LogP contribution is -2.03. The zero-order valence-corrected chi connectivity index (χ0v) is 9.58. The van der Waals surface area contributed by atoms with Crippen molar-refractivity contribution in [3.63, 3.8) is 0 Å². The summed E-state index contributed by atoms with van der Waals surface area (Å²) < 4.78 is 11.3. The van der Waals surface area contributed by atoms with Crippen LogP contribution in [0.25, 0.3) is 0 Å². The molecule has 0 aromatic carbocycles. The first kappa shape index (κ1) is 10.4. The zero-order chi connectivity index (χ0) is 10.2. The van der Waals surface area contributed by atoms with E-state index >= 15 is 0 Å². The Morgan fingerprint density at radius 2 is 1.54 bits per heavy atom. The predicted octanol–water partition coefficient (Wildman–Crippen LogP) is 2.05. The molecule has 1 rings (SSSR count). The van der Waals surface area contributed by atoms with Crippen LogP contribution in [0.1, 0.15) is 22.4 Å². The van der Waals surface area contributed by atoms with Crippen LogP contribution in [0.5, 0.6) is 0 Å². The van der Waals surface area contributed by atoms with Crippen molar-refractivity contribution in [2.75, 3.05) is 6.26 Å². The van der Waals surface area contributed by atoms with Gasteiger partial charge in [0.1, 0.15) is 5.03 Å². The van der Waals surface area contributed by atoms with E-state index in [-0.39, 0.29) is 0 Å². The van der Waals surface area contributed by atoms with Crippen molar-refractivity contribution in [3.8, 4) is 0 Å². The maximum absolute atomic E-state index is 11.3. The molecular formula is C10H15NOS. The second-order valence-electron chi connectivity index (χ2n) is 3.33. The third kappa shape index (κ3) is 1.80. The number of rotatable bonds is 1. The molecule has 0 spiro atoms. The number of hydrogen-bond donors (Lipinski definition) is 0. The van der Waals surface area contributed by atoms with Crippen molar-refractivity contribution in [2.45, 2.75) is 32.7 Å². The molecule has 0 aliphatic rings. The van der Waals surface area contributed by atoms with Crippen molar-refractivity contribution < 1.29 is 4.21 Å². The lowest BCUT2D eigenvalue weighted by Gasteiger charge is -2.10. The van der Waals surface area contributed by atoms with Gasteiger partial charge in [-0.1, -0.05) is 0 Å². The molecule has 0 saturated carbocycles. The van der Waals surface area contributed by atoms with Crippen molar-refractivity contribution in [1.82, 2.24) is 4.98 Å². The number of nitrogens with zero attached hydrogens (tertiary/aromatic N) is 1. The van der Waals surface area contributed by atoms with Crippen molar-refractivity contribution in [3.05, 3.63) is 22.4 Å². The van der Waals surface area contributed by atoms with E-state index in [1.54, 1.807) is 6.26 Å². The van der Waals surface area contributed by atoms with Gasteiger partial charge in [-0.05, 0) is 44.4 Å². The Labute approximate surface area is 81.9 Å². The molecule has 1 aromatic heterocycles.